The Morgan fingerprint density at radius 1 is 1.23 bits per heavy atom. The molecule has 6 nitrogen and oxygen atoms in total. The fraction of sp³-hybridized carbons (Fsp3) is 0.474. The normalized spacial score (nSPS) is 18.3. The number of hydrogen-bond acceptors (Lipinski definition) is 5. The highest BCUT2D eigenvalue weighted by atomic mass is 35.5. The topological polar surface area (TPSA) is 65.1 Å². The van der Waals surface area contributed by atoms with E-state index in [1.54, 1.807) is 0 Å². The zero-order valence-electron chi connectivity index (χ0n) is 14.3. The Labute approximate surface area is 156 Å². The van der Waals surface area contributed by atoms with Gasteiger partial charge >= 0.3 is 5.97 Å². The maximum atomic E-state index is 12.7. The van der Waals surface area contributed by atoms with E-state index in [2.05, 4.69) is 6.08 Å². The summed E-state index contributed by atoms with van der Waals surface area (Å²) in [4.78, 5) is 26.8. The van der Waals surface area contributed by atoms with E-state index in [1.807, 2.05) is 4.90 Å². The molecule has 0 spiro atoms. The molecule has 0 atom stereocenters. The molecule has 2 aliphatic carbocycles. The molecule has 0 aromatic heterocycles. The zero-order chi connectivity index (χ0) is 18.1. The second-order valence-corrected chi connectivity index (χ2v) is 7.11. The van der Waals surface area contributed by atoms with Gasteiger partial charge in [0.05, 0.1) is 10.6 Å². The predicted molar refractivity (Wildman–Crippen MR) is 94.3 cm³/mol. The fourth-order valence-electron chi connectivity index (χ4n) is 3.34. The van der Waals surface area contributed by atoms with Crippen molar-refractivity contribution in [3.05, 3.63) is 34.5 Å². The van der Waals surface area contributed by atoms with Gasteiger partial charge in [0.25, 0.3) is 5.91 Å². The van der Waals surface area contributed by atoms with Crippen LogP contribution in [0.5, 0.6) is 11.5 Å². The highest BCUT2D eigenvalue weighted by Crippen LogP contribution is 2.40. The standard InChI is InChI=1S/C19H20ClNO5/c20-15-8-12(9-16-18(15)26-11-25-16)19(23)24-10-17(22)21(14-6-7-14)13-4-2-1-3-5-13/h4,8-9,14H,1-3,5-7,10-11H2. The lowest BCUT2D eigenvalue weighted by Crippen LogP contribution is -2.36. The van der Waals surface area contributed by atoms with Crippen molar-refractivity contribution >= 4 is 23.5 Å². The molecule has 138 valence electrons. The largest absolute Gasteiger partial charge is 0.454 e. The van der Waals surface area contributed by atoms with Gasteiger partial charge in [-0.2, -0.15) is 0 Å². The van der Waals surface area contributed by atoms with E-state index in [0.717, 1.165) is 44.2 Å². The molecule has 1 aliphatic heterocycles. The van der Waals surface area contributed by atoms with Crippen LogP contribution in [0.3, 0.4) is 0 Å². The highest BCUT2D eigenvalue weighted by Gasteiger charge is 2.35. The van der Waals surface area contributed by atoms with Crippen LogP contribution in [-0.4, -0.2) is 36.2 Å². The Morgan fingerprint density at radius 2 is 2.08 bits per heavy atom. The van der Waals surface area contributed by atoms with Crippen LogP contribution < -0.4 is 9.47 Å². The number of carbonyl (C=O) groups excluding carboxylic acids is 2. The number of esters is 1. The van der Waals surface area contributed by atoms with Crippen molar-refractivity contribution in [3.63, 3.8) is 0 Å². The number of halogens is 1. The van der Waals surface area contributed by atoms with E-state index in [1.165, 1.54) is 12.1 Å². The van der Waals surface area contributed by atoms with Crippen molar-refractivity contribution in [1.29, 1.82) is 0 Å². The Bertz CT molecular complexity index is 771. The van der Waals surface area contributed by atoms with Gasteiger partial charge < -0.3 is 19.1 Å². The zero-order valence-corrected chi connectivity index (χ0v) is 15.1. The molecular formula is C19H20ClNO5. The quantitative estimate of drug-likeness (QED) is 0.732. The van der Waals surface area contributed by atoms with Crippen LogP contribution in [0.25, 0.3) is 0 Å². The summed E-state index contributed by atoms with van der Waals surface area (Å²) in [6, 6.07) is 3.23. The van der Waals surface area contributed by atoms with Crippen LogP contribution in [0.2, 0.25) is 5.02 Å². The summed E-state index contributed by atoms with van der Waals surface area (Å²) >= 11 is 6.09. The van der Waals surface area contributed by atoms with E-state index < -0.39 is 5.97 Å². The molecule has 3 aliphatic rings. The lowest BCUT2D eigenvalue weighted by Gasteiger charge is -2.27. The van der Waals surface area contributed by atoms with Gasteiger partial charge in [-0.05, 0) is 50.7 Å². The average molecular weight is 378 g/mol. The third kappa shape index (κ3) is 3.51. The van der Waals surface area contributed by atoms with Gasteiger partial charge in [-0.1, -0.05) is 17.7 Å². The summed E-state index contributed by atoms with van der Waals surface area (Å²) in [7, 11) is 0. The summed E-state index contributed by atoms with van der Waals surface area (Å²) in [5, 5.41) is 0.283. The van der Waals surface area contributed by atoms with Crippen LogP contribution in [-0.2, 0) is 9.53 Å². The number of nitrogens with zero attached hydrogens (tertiary/aromatic N) is 1. The first-order valence-electron chi connectivity index (χ1n) is 8.91. The van der Waals surface area contributed by atoms with Crippen molar-refractivity contribution in [2.24, 2.45) is 0 Å². The first-order chi connectivity index (χ1) is 12.6. The number of fused-ring (bicyclic) bond motifs is 1. The third-order valence-corrected chi connectivity index (χ3v) is 5.03. The summed E-state index contributed by atoms with van der Waals surface area (Å²) in [6.07, 6.45) is 8.33. The second kappa shape index (κ2) is 7.19. The van der Waals surface area contributed by atoms with Gasteiger partial charge in [-0.3, -0.25) is 4.79 Å². The molecule has 0 saturated heterocycles. The minimum Gasteiger partial charge on any atom is -0.454 e. The number of benzene rings is 1. The molecule has 0 N–H and O–H groups in total. The number of amides is 1. The summed E-state index contributed by atoms with van der Waals surface area (Å²) in [5.41, 5.74) is 1.31. The van der Waals surface area contributed by atoms with Crippen LogP contribution in [0.15, 0.2) is 23.9 Å². The Morgan fingerprint density at radius 3 is 2.81 bits per heavy atom. The van der Waals surface area contributed by atoms with Crippen LogP contribution in [0, 0.1) is 0 Å². The molecule has 7 heteroatoms. The average Bonchev–Trinajstić information content (AvgIpc) is 3.35. The molecule has 0 unspecified atom stereocenters. The van der Waals surface area contributed by atoms with E-state index in [-0.39, 0.29) is 35.9 Å². The lowest BCUT2D eigenvalue weighted by molar-refractivity contribution is -0.133. The predicted octanol–water partition coefficient (Wildman–Crippen LogP) is 3.67. The third-order valence-electron chi connectivity index (χ3n) is 4.75. The van der Waals surface area contributed by atoms with Gasteiger partial charge in [0, 0.05) is 11.7 Å². The molecule has 1 amide bonds. The van der Waals surface area contributed by atoms with Crippen molar-refractivity contribution in [2.75, 3.05) is 13.4 Å². The van der Waals surface area contributed by atoms with E-state index >= 15 is 0 Å². The molecule has 1 aromatic rings. The number of ether oxygens (including phenoxy) is 3. The van der Waals surface area contributed by atoms with Crippen molar-refractivity contribution in [3.8, 4) is 11.5 Å². The first kappa shape index (κ1) is 17.2. The number of carbonyl (C=O) groups is 2. The van der Waals surface area contributed by atoms with E-state index in [9.17, 15) is 9.59 Å². The Balaban J connectivity index is 1.41. The van der Waals surface area contributed by atoms with Crippen molar-refractivity contribution in [2.45, 2.75) is 44.6 Å². The van der Waals surface area contributed by atoms with Crippen LogP contribution in [0.4, 0.5) is 0 Å². The SMILES string of the molecule is O=C(OCC(=O)N(C1=CCCCC1)C1CC1)c1cc(Cl)c2c(c1)OCO2. The molecule has 1 saturated carbocycles. The Hall–Kier alpha value is -2.21. The summed E-state index contributed by atoms with van der Waals surface area (Å²) in [5.74, 6) is 0.0546. The molecular weight excluding hydrogens is 358 g/mol. The highest BCUT2D eigenvalue weighted by molar-refractivity contribution is 6.32. The van der Waals surface area contributed by atoms with E-state index in [0.29, 0.717) is 11.5 Å². The maximum absolute atomic E-state index is 12.7. The molecule has 26 heavy (non-hydrogen) atoms. The maximum Gasteiger partial charge on any atom is 0.338 e. The molecule has 1 heterocycles. The molecule has 0 bridgehead atoms. The lowest BCUT2D eigenvalue weighted by atomic mass is 10.0. The van der Waals surface area contributed by atoms with Gasteiger partial charge in [-0.15, -0.1) is 0 Å². The van der Waals surface area contributed by atoms with Crippen molar-refractivity contribution < 1.29 is 23.8 Å². The molecule has 0 radical (unpaired) electrons. The molecule has 1 aromatic carbocycles. The molecule has 4 rings (SSSR count). The fourth-order valence-corrected chi connectivity index (χ4v) is 3.60. The molecule has 1 fully saturated rings. The number of rotatable bonds is 5. The second-order valence-electron chi connectivity index (χ2n) is 6.70. The summed E-state index contributed by atoms with van der Waals surface area (Å²) in [6.45, 7) is -0.212. The number of hydrogen-bond donors (Lipinski definition) is 0. The number of allylic oxidation sites excluding steroid dienone is 2. The minimum atomic E-state index is -0.605. The minimum absolute atomic E-state index is 0.0670. The Kier molecular flexibility index (Phi) is 4.76. The van der Waals surface area contributed by atoms with Gasteiger partial charge in [-0.25, -0.2) is 4.79 Å². The van der Waals surface area contributed by atoms with Crippen molar-refractivity contribution in [1.82, 2.24) is 4.90 Å². The summed E-state index contributed by atoms with van der Waals surface area (Å²) < 4.78 is 15.7. The monoisotopic (exact) mass is 377 g/mol. The van der Waals surface area contributed by atoms with Crippen LogP contribution >= 0.6 is 11.6 Å². The van der Waals surface area contributed by atoms with Crippen LogP contribution in [0.1, 0.15) is 48.9 Å². The smallest absolute Gasteiger partial charge is 0.338 e. The first-order valence-corrected chi connectivity index (χ1v) is 9.28. The van der Waals surface area contributed by atoms with Gasteiger partial charge in [0.2, 0.25) is 6.79 Å². The van der Waals surface area contributed by atoms with E-state index in [4.69, 9.17) is 25.8 Å². The van der Waals surface area contributed by atoms with Gasteiger partial charge in [0.1, 0.15) is 0 Å². The van der Waals surface area contributed by atoms with Gasteiger partial charge in [0.15, 0.2) is 18.1 Å².